The summed E-state index contributed by atoms with van der Waals surface area (Å²) in [6, 6.07) is 14.6. The fraction of sp³-hybridized carbons (Fsp3) is 0.318. The van der Waals surface area contributed by atoms with Crippen molar-refractivity contribution in [2.75, 3.05) is 25.0 Å². The molecule has 0 amide bonds. The SMILES string of the molecule is CN1CCc2ccc(C(=O)/C=C/N3CCCc4ccccc43)cc2C1. The number of benzene rings is 2. The summed E-state index contributed by atoms with van der Waals surface area (Å²) in [6.45, 7) is 2.99. The highest BCUT2D eigenvalue weighted by molar-refractivity contribution is 6.04. The number of likely N-dealkylation sites (N-methyl/N-ethyl adjacent to an activating group) is 1. The molecule has 0 N–H and O–H groups in total. The first kappa shape index (κ1) is 16.1. The second-order valence-corrected chi connectivity index (χ2v) is 7.08. The number of anilines is 1. The van der Waals surface area contributed by atoms with Gasteiger partial charge in [-0.25, -0.2) is 0 Å². The van der Waals surface area contributed by atoms with Crippen molar-refractivity contribution >= 4 is 11.5 Å². The van der Waals surface area contributed by atoms with E-state index in [1.165, 1.54) is 22.4 Å². The molecule has 0 bridgehead atoms. The third-order valence-corrected chi connectivity index (χ3v) is 5.25. The number of ketones is 1. The lowest BCUT2D eigenvalue weighted by atomic mass is 9.96. The van der Waals surface area contributed by atoms with E-state index in [1.54, 1.807) is 6.08 Å². The van der Waals surface area contributed by atoms with Crippen LogP contribution in [0.15, 0.2) is 54.7 Å². The molecule has 2 heterocycles. The van der Waals surface area contributed by atoms with Gasteiger partial charge < -0.3 is 9.80 Å². The maximum absolute atomic E-state index is 12.6. The normalized spacial score (nSPS) is 17.4. The number of allylic oxidation sites excluding steroid dienone is 1. The fourth-order valence-electron chi connectivity index (χ4n) is 3.82. The lowest BCUT2D eigenvalue weighted by Crippen LogP contribution is -2.26. The smallest absolute Gasteiger partial charge is 0.187 e. The summed E-state index contributed by atoms with van der Waals surface area (Å²) >= 11 is 0. The molecule has 0 unspecified atom stereocenters. The average molecular weight is 332 g/mol. The van der Waals surface area contributed by atoms with Crippen molar-refractivity contribution in [1.29, 1.82) is 0 Å². The number of rotatable bonds is 3. The Morgan fingerprint density at radius 1 is 1.00 bits per heavy atom. The Morgan fingerprint density at radius 3 is 2.80 bits per heavy atom. The van der Waals surface area contributed by atoms with Crippen LogP contribution in [0.5, 0.6) is 0 Å². The molecular weight excluding hydrogens is 308 g/mol. The van der Waals surface area contributed by atoms with Crippen LogP contribution < -0.4 is 4.90 Å². The Morgan fingerprint density at radius 2 is 1.88 bits per heavy atom. The molecule has 2 aliphatic heterocycles. The van der Waals surface area contributed by atoms with Crippen LogP contribution in [0.4, 0.5) is 5.69 Å². The van der Waals surface area contributed by atoms with Gasteiger partial charge in [0.15, 0.2) is 5.78 Å². The monoisotopic (exact) mass is 332 g/mol. The first-order valence-corrected chi connectivity index (χ1v) is 9.08. The number of hydrogen-bond donors (Lipinski definition) is 0. The number of aryl methyl sites for hydroxylation is 1. The highest BCUT2D eigenvalue weighted by Gasteiger charge is 2.16. The van der Waals surface area contributed by atoms with Crippen molar-refractivity contribution < 1.29 is 4.79 Å². The molecule has 0 atom stereocenters. The van der Waals surface area contributed by atoms with Crippen LogP contribution in [-0.4, -0.2) is 30.8 Å². The topological polar surface area (TPSA) is 23.6 Å². The highest BCUT2D eigenvalue weighted by Crippen LogP contribution is 2.27. The van der Waals surface area contributed by atoms with E-state index in [4.69, 9.17) is 0 Å². The van der Waals surface area contributed by atoms with E-state index < -0.39 is 0 Å². The summed E-state index contributed by atoms with van der Waals surface area (Å²) in [7, 11) is 2.13. The molecular formula is C22H24N2O. The molecule has 2 aromatic rings. The molecule has 0 spiro atoms. The third kappa shape index (κ3) is 3.38. The minimum Gasteiger partial charge on any atom is -0.348 e. The molecule has 3 nitrogen and oxygen atoms in total. The Balaban J connectivity index is 1.53. The molecule has 0 aromatic heterocycles. The van der Waals surface area contributed by atoms with Gasteiger partial charge in [0, 0.05) is 43.2 Å². The van der Waals surface area contributed by atoms with Gasteiger partial charge >= 0.3 is 0 Å². The minimum atomic E-state index is 0.0825. The fourth-order valence-corrected chi connectivity index (χ4v) is 3.82. The second kappa shape index (κ2) is 6.85. The van der Waals surface area contributed by atoms with E-state index in [-0.39, 0.29) is 5.78 Å². The first-order valence-electron chi connectivity index (χ1n) is 9.08. The van der Waals surface area contributed by atoms with Crippen LogP contribution in [0.3, 0.4) is 0 Å². The Bertz CT molecular complexity index is 825. The van der Waals surface area contributed by atoms with Crippen LogP contribution in [0, 0.1) is 0 Å². The number of fused-ring (bicyclic) bond motifs is 2. The summed E-state index contributed by atoms with van der Waals surface area (Å²) in [5.41, 5.74) is 6.04. The predicted octanol–water partition coefficient (Wildman–Crippen LogP) is 3.82. The van der Waals surface area contributed by atoms with Crippen LogP contribution in [0.2, 0.25) is 0 Å². The van der Waals surface area contributed by atoms with E-state index in [0.717, 1.165) is 44.5 Å². The zero-order valence-corrected chi connectivity index (χ0v) is 14.7. The van der Waals surface area contributed by atoms with E-state index in [0.29, 0.717) is 0 Å². The van der Waals surface area contributed by atoms with Crippen LogP contribution in [-0.2, 0) is 19.4 Å². The molecule has 0 saturated heterocycles. The molecule has 3 heteroatoms. The molecule has 25 heavy (non-hydrogen) atoms. The lowest BCUT2D eigenvalue weighted by molar-refractivity contribution is 0.104. The van der Waals surface area contributed by atoms with Crippen LogP contribution in [0.25, 0.3) is 0 Å². The molecule has 2 aromatic carbocycles. The first-order chi connectivity index (χ1) is 12.2. The summed E-state index contributed by atoms with van der Waals surface area (Å²) in [5, 5.41) is 0. The Hall–Kier alpha value is -2.39. The summed E-state index contributed by atoms with van der Waals surface area (Å²) in [5.74, 6) is 0.0825. The molecule has 0 fully saturated rings. The number of hydrogen-bond acceptors (Lipinski definition) is 3. The van der Waals surface area contributed by atoms with Crippen LogP contribution >= 0.6 is 0 Å². The van der Waals surface area contributed by atoms with Crippen molar-refractivity contribution in [1.82, 2.24) is 4.90 Å². The van der Waals surface area contributed by atoms with E-state index in [9.17, 15) is 4.79 Å². The van der Waals surface area contributed by atoms with Gasteiger partial charge in [0.05, 0.1) is 0 Å². The van der Waals surface area contributed by atoms with Gasteiger partial charge in [0.25, 0.3) is 0 Å². The number of para-hydroxylation sites is 1. The van der Waals surface area contributed by atoms with Gasteiger partial charge in [0.2, 0.25) is 0 Å². The van der Waals surface area contributed by atoms with Crippen molar-refractivity contribution in [2.24, 2.45) is 0 Å². The van der Waals surface area contributed by atoms with Gasteiger partial charge in [-0.3, -0.25) is 4.79 Å². The van der Waals surface area contributed by atoms with Crippen LogP contribution in [0.1, 0.15) is 33.5 Å². The van der Waals surface area contributed by atoms with Gasteiger partial charge in [-0.2, -0.15) is 0 Å². The molecule has 0 aliphatic carbocycles. The summed E-state index contributed by atoms with van der Waals surface area (Å²) in [6.07, 6.45) is 6.98. The van der Waals surface area contributed by atoms with Crippen molar-refractivity contribution in [2.45, 2.75) is 25.8 Å². The molecule has 4 rings (SSSR count). The Kier molecular flexibility index (Phi) is 4.41. The minimum absolute atomic E-state index is 0.0825. The van der Waals surface area contributed by atoms with Gasteiger partial charge in [-0.05, 0) is 55.1 Å². The largest absolute Gasteiger partial charge is 0.348 e. The zero-order chi connectivity index (χ0) is 17.2. The summed E-state index contributed by atoms with van der Waals surface area (Å²) in [4.78, 5) is 17.1. The quantitative estimate of drug-likeness (QED) is 0.630. The summed E-state index contributed by atoms with van der Waals surface area (Å²) < 4.78 is 0. The molecule has 2 aliphatic rings. The Labute approximate surface area is 149 Å². The lowest BCUT2D eigenvalue weighted by Gasteiger charge is -2.28. The second-order valence-electron chi connectivity index (χ2n) is 7.08. The van der Waals surface area contributed by atoms with Gasteiger partial charge in [-0.1, -0.05) is 30.3 Å². The number of nitrogens with zero attached hydrogens (tertiary/aromatic N) is 2. The van der Waals surface area contributed by atoms with E-state index >= 15 is 0 Å². The molecule has 128 valence electrons. The number of carbonyl (C=O) groups excluding carboxylic acids is 1. The predicted molar refractivity (Wildman–Crippen MR) is 102 cm³/mol. The zero-order valence-electron chi connectivity index (χ0n) is 14.7. The van der Waals surface area contributed by atoms with Gasteiger partial charge in [0.1, 0.15) is 0 Å². The molecule has 0 saturated carbocycles. The van der Waals surface area contributed by atoms with Crippen molar-refractivity contribution in [3.63, 3.8) is 0 Å². The van der Waals surface area contributed by atoms with Crippen molar-refractivity contribution in [3.8, 4) is 0 Å². The maximum atomic E-state index is 12.6. The standard InChI is InChI=1S/C22H24N2O/c1-23-13-10-17-8-9-19(15-20(17)16-23)22(25)11-14-24-12-4-6-18-5-2-3-7-21(18)24/h2-3,5,7-9,11,14-15H,4,6,10,12-13,16H2,1H3/b14-11+. The van der Waals surface area contributed by atoms with Gasteiger partial charge in [-0.15, -0.1) is 0 Å². The van der Waals surface area contributed by atoms with E-state index in [1.807, 2.05) is 12.3 Å². The van der Waals surface area contributed by atoms with E-state index in [2.05, 4.69) is 53.2 Å². The maximum Gasteiger partial charge on any atom is 0.187 e. The highest BCUT2D eigenvalue weighted by atomic mass is 16.1. The molecule has 0 radical (unpaired) electrons. The van der Waals surface area contributed by atoms with Crippen molar-refractivity contribution in [3.05, 3.63) is 77.0 Å². The third-order valence-electron chi connectivity index (χ3n) is 5.25. The number of carbonyl (C=O) groups is 1. The average Bonchev–Trinajstić information content (AvgIpc) is 2.65.